The summed E-state index contributed by atoms with van der Waals surface area (Å²) < 4.78 is 25.4. The highest BCUT2D eigenvalue weighted by Crippen LogP contribution is 2.37. The molecule has 1 fully saturated rings. The number of phenolic OH excluding ortho intramolecular Hbond substituents is 1. The third kappa shape index (κ3) is 3.84. The second-order valence-electron chi connectivity index (χ2n) is 5.54. The Kier molecular flexibility index (Phi) is 6.62. The lowest BCUT2D eigenvalue weighted by Crippen LogP contribution is -2.60. The largest absolute Gasteiger partial charge is 0.504 e. The highest BCUT2D eigenvalue weighted by molar-refractivity contribution is 5.91. The van der Waals surface area contributed by atoms with Gasteiger partial charge in [-0.3, -0.25) is 0 Å². The van der Waals surface area contributed by atoms with Crippen LogP contribution in [-0.4, -0.2) is 85.0 Å². The quantitative estimate of drug-likeness (QED) is 0.459. The van der Waals surface area contributed by atoms with Crippen LogP contribution >= 0.6 is 0 Å². The van der Waals surface area contributed by atoms with E-state index in [-0.39, 0.29) is 22.8 Å². The lowest BCUT2D eigenvalue weighted by Gasteiger charge is -2.40. The summed E-state index contributed by atoms with van der Waals surface area (Å²) in [5.41, 5.74) is -0.0974. The van der Waals surface area contributed by atoms with E-state index in [2.05, 4.69) is 0 Å². The van der Waals surface area contributed by atoms with Gasteiger partial charge in [0.2, 0.25) is 12.0 Å². The van der Waals surface area contributed by atoms with Gasteiger partial charge in [-0.05, 0) is 12.1 Å². The molecule has 26 heavy (non-hydrogen) atoms. The highest BCUT2D eigenvalue weighted by atomic mass is 16.7. The van der Waals surface area contributed by atoms with Crippen LogP contribution in [0.25, 0.3) is 0 Å². The molecule has 1 heterocycles. The summed E-state index contributed by atoms with van der Waals surface area (Å²) in [4.78, 5) is 12.3. The smallest absolute Gasteiger partial charge is 0.340 e. The van der Waals surface area contributed by atoms with Gasteiger partial charge < -0.3 is 44.1 Å². The van der Waals surface area contributed by atoms with Crippen molar-refractivity contribution in [3.05, 3.63) is 17.7 Å². The molecule has 1 aromatic rings. The lowest BCUT2D eigenvalue weighted by molar-refractivity contribution is -0.289. The number of esters is 1. The monoisotopic (exact) mass is 374 g/mol. The second-order valence-corrected chi connectivity index (χ2v) is 5.54. The number of aliphatic hydroxyl groups is 3. The van der Waals surface area contributed by atoms with Crippen LogP contribution in [0.3, 0.4) is 0 Å². The average molecular weight is 374 g/mol. The van der Waals surface area contributed by atoms with Crippen LogP contribution in [0.2, 0.25) is 0 Å². The van der Waals surface area contributed by atoms with Crippen LogP contribution in [0.5, 0.6) is 17.2 Å². The van der Waals surface area contributed by atoms with E-state index < -0.39 is 43.3 Å². The summed E-state index contributed by atoms with van der Waals surface area (Å²) in [6, 6.07) is 2.37. The van der Waals surface area contributed by atoms with Crippen LogP contribution in [-0.2, 0) is 14.2 Å². The predicted molar refractivity (Wildman–Crippen MR) is 85.2 cm³/mol. The van der Waals surface area contributed by atoms with Gasteiger partial charge in [-0.25, -0.2) is 4.79 Å². The first-order valence-corrected chi connectivity index (χ1v) is 7.69. The lowest BCUT2D eigenvalue weighted by atomic mass is 9.99. The van der Waals surface area contributed by atoms with Crippen molar-refractivity contribution in [2.45, 2.75) is 30.7 Å². The fraction of sp³-hybridized carbons (Fsp3) is 0.562. The summed E-state index contributed by atoms with van der Waals surface area (Å²) in [6.07, 6.45) is -6.58. The summed E-state index contributed by atoms with van der Waals surface area (Å²) in [7, 11) is 3.93. The fourth-order valence-corrected chi connectivity index (χ4v) is 2.68. The minimum absolute atomic E-state index is 0.0386. The average Bonchev–Trinajstić information content (AvgIpc) is 2.64. The second kappa shape index (κ2) is 8.52. The molecule has 0 amide bonds. The van der Waals surface area contributed by atoms with Gasteiger partial charge in [-0.15, -0.1) is 0 Å². The molecule has 1 aromatic carbocycles. The first-order valence-electron chi connectivity index (χ1n) is 7.69. The number of rotatable bonds is 6. The highest BCUT2D eigenvalue weighted by Gasteiger charge is 2.46. The van der Waals surface area contributed by atoms with Crippen molar-refractivity contribution in [1.82, 2.24) is 0 Å². The molecule has 0 radical (unpaired) electrons. The fourth-order valence-electron chi connectivity index (χ4n) is 2.68. The molecule has 10 heteroatoms. The summed E-state index contributed by atoms with van der Waals surface area (Å²) >= 11 is 0. The summed E-state index contributed by atoms with van der Waals surface area (Å²) in [5.74, 6) is -1.17. The Morgan fingerprint density at radius 2 is 1.85 bits per heavy atom. The van der Waals surface area contributed by atoms with Crippen LogP contribution in [0.1, 0.15) is 10.4 Å². The van der Waals surface area contributed by atoms with Gasteiger partial charge in [0.25, 0.3) is 0 Å². The van der Waals surface area contributed by atoms with Gasteiger partial charge in [0.15, 0.2) is 11.5 Å². The molecule has 0 spiro atoms. The number of aromatic hydroxyl groups is 1. The molecular formula is C16H22O10. The van der Waals surface area contributed by atoms with E-state index in [9.17, 15) is 25.2 Å². The predicted octanol–water partition coefficient (Wildman–Crippen LogP) is -0.980. The number of methoxy groups -OCH3 is 3. The first-order chi connectivity index (χ1) is 12.4. The minimum atomic E-state index is -1.60. The van der Waals surface area contributed by atoms with Gasteiger partial charge in [0.1, 0.15) is 24.4 Å². The SMILES string of the molecule is COc1cc(C(=O)OC2OC(CO)C(OC)C(O)C2O)cc(O)c1OC. The van der Waals surface area contributed by atoms with E-state index in [0.717, 1.165) is 6.07 Å². The molecule has 0 aromatic heterocycles. The zero-order valence-electron chi connectivity index (χ0n) is 14.5. The Balaban J connectivity index is 2.20. The number of hydrogen-bond acceptors (Lipinski definition) is 10. The van der Waals surface area contributed by atoms with Crippen LogP contribution in [0, 0.1) is 0 Å². The maximum atomic E-state index is 12.3. The number of carbonyl (C=O) groups excluding carboxylic acids is 1. The van der Waals surface area contributed by atoms with Crippen molar-refractivity contribution in [1.29, 1.82) is 0 Å². The van der Waals surface area contributed by atoms with Crippen LogP contribution < -0.4 is 9.47 Å². The molecule has 5 unspecified atom stereocenters. The van der Waals surface area contributed by atoms with E-state index >= 15 is 0 Å². The first kappa shape index (κ1) is 20.2. The maximum absolute atomic E-state index is 12.3. The van der Waals surface area contributed by atoms with Crippen molar-refractivity contribution in [2.24, 2.45) is 0 Å². The zero-order chi connectivity index (χ0) is 19.4. The molecule has 0 aliphatic carbocycles. The molecule has 1 saturated heterocycles. The van der Waals surface area contributed by atoms with E-state index in [0.29, 0.717) is 0 Å². The number of carbonyl (C=O) groups is 1. The number of hydrogen-bond donors (Lipinski definition) is 4. The molecule has 2 rings (SSSR count). The third-order valence-corrected chi connectivity index (χ3v) is 4.01. The molecule has 1 aliphatic heterocycles. The van der Waals surface area contributed by atoms with Gasteiger partial charge in [-0.2, -0.15) is 0 Å². The van der Waals surface area contributed by atoms with E-state index in [1.165, 1.54) is 27.4 Å². The summed E-state index contributed by atoms with van der Waals surface area (Å²) in [5, 5.41) is 39.4. The molecule has 4 N–H and O–H groups in total. The van der Waals surface area contributed by atoms with Crippen LogP contribution in [0.4, 0.5) is 0 Å². The Hall–Kier alpha value is -2.11. The van der Waals surface area contributed by atoms with Crippen molar-refractivity contribution < 1.29 is 48.9 Å². The normalized spacial score (nSPS) is 28.5. The number of ether oxygens (including phenoxy) is 5. The van der Waals surface area contributed by atoms with E-state index in [1.807, 2.05) is 0 Å². The van der Waals surface area contributed by atoms with Crippen molar-refractivity contribution in [3.63, 3.8) is 0 Å². The zero-order valence-corrected chi connectivity index (χ0v) is 14.5. The molecule has 1 aliphatic rings. The molecule has 0 saturated carbocycles. The maximum Gasteiger partial charge on any atom is 0.340 e. The number of benzene rings is 1. The van der Waals surface area contributed by atoms with Gasteiger partial charge in [0, 0.05) is 7.11 Å². The van der Waals surface area contributed by atoms with Gasteiger partial charge in [0.05, 0.1) is 26.4 Å². The van der Waals surface area contributed by atoms with Gasteiger partial charge in [-0.1, -0.05) is 0 Å². The standard InChI is InChI=1S/C16H22O10/c1-22-9-5-7(4-8(18)13(9)23-2)15(21)26-16-12(20)11(19)14(24-3)10(6-17)25-16/h4-5,10-12,14,16-20H,6H2,1-3H3. The molecule has 146 valence electrons. The Morgan fingerprint density at radius 1 is 1.15 bits per heavy atom. The Labute approximate surface area is 149 Å². The Bertz CT molecular complexity index is 632. The van der Waals surface area contributed by atoms with E-state index in [4.69, 9.17) is 23.7 Å². The van der Waals surface area contributed by atoms with Crippen molar-refractivity contribution in [3.8, 4) is 17.2 Å². The van der Waals surface area contributed by atoms with Crippen molar-refractivity contribution >= 4 is 5.97 Å². The number of aliphatic hydroxyl groups excluding tert-OH is 3. The number of phenols is 1. The minimum Gasteiger partial charge on any atom is -0.504 e. The molecule has 0 bridgehead atoms. The third-order valence-electron chi connectivity index (χ3n) is 4.01. The molecular weight excluding hydrogens is 352 g/mol. The Morgan fingerprint density at radius 3 is 2.38 bits per heavy atom. The van der Waals surface area contributed by atoms with Crippen molar-refractivity contribution in [2.75, 3.05) is 27.9 Å². The van der Waals surface area contributed by atoms with Gasteiger partial charge >= 0.3 is 5.97 Å². The van der Waals surface area contributed by atoms with Crippen LogP contribution in [0.15, 0.2) is 12.1 Å². The van der Waals surface area contributed by atoms with E-state index in [1.54, 1.807) is 0 Å². The summed E-state index contributed by atoms with van der Waals surface area (Å²) in [6.45, 7) is -0.520. The topological polar surface area (TPSA) is 144 Å². The molecule has 5 atom stereocenters. The molecule has 10 nitrogen and oxygen atoms in total.